The highest BCUT2D eigenvalue weighted by Crippen LogP contribution is 2.34. The number of anilines is 1. The van der Waals surface area contributed by atoms with Crippen LogP contribution < -0.4 is 15.5 Å². The molecule has 2 aliphatic rings. The molecule has 0 bridgehead atoms. The van der Waals surface area contributed by atoms with Gasteiger partial charge >= 0.3 is 6.18 Å². The third kappa shape index (κ3) is 4.98. The van der Waals surface area contributed by atoms with Crippen molar-refractivity contribution in [2.24, 2.45) is 0 Å². The third-order valence-electron chi connectivity index (χ3n) is 4.82. The van der Waals surface area contributed by atoms with E-state index in [1.807, 2.05) is 0 Å². The van der Waals surface area contributed by atoms with E-state index in [0.29, 0.717) is 32.5 Å². The Hall–Kier alpha value is -2.13. The lowest BCUT2D eigenvalue weighted by molar-refractivity contribution is -0.137. The van der Waals surface area contributed by atoms with Gasteiger partial charge in [-0.3, -0.25) is 14.5 Å². The molecule has 2 saturated heterocycles. The molecule has 148 valence electrons. The van der Waals surface area contributed by atoms with E-state index in [0.717, 1.165) is 38.3 Å². The van der Waals surface area contributed by atoms with Crippen LogP contribution in [-0.4, -0.2) is 62.5 Å². The van der Waals surface area contributed by atoms with Crippen molar-refractivity contribution in [2.75, 3.05) is 50.7 Å². The van der Waals surface area contributed by atoms with E-state index in [4.69, 9.17) is 0 Å². The molecule has 0 atom stereocenters. The predicted octanol–water partition coefficient (Wildman–Crippen LogP) is 1.47. The Bertz CT molecular complexity index is 702. The standard InChI is InChI=1S/C18H23F3N4O2/c19-18(20,21)14-10-13(11-15(12-14)25-6-1-2-16(25)26)17(27)23-5-9-24-7-3-22-4-8-24/h10-12,22H,1-9H2,(H,23,27). The number of alkyl halides is 3. The fraction of sp³-hybridized carbons (Fsp3) is 0.556. The second-order valence-corrected chi connectivity index (χ2v) is 6.76. The first-order valence-electron chi connectivity index (χ1n) is 9.08. The minimum absolute atomic E-state index is 0.0835. The number of hydrogen-bond acceptors (Lipinski definition) is 4. The highest BCUT2D eigenvalue weighted by atomic mass is 19.4. The van der Waals surface area contributed by atoms with Gasteiger partial charge in [-0.15, -0.1) is 0 Å². The number of nitrogens with one attached hydrogen (secondary N) is 2. The number of hydrogen-bond donors (Lipinski definition) is 2. The van der Waals surface area contributed by atoms with Crippen molar-refractivity contribution in [3.05, 3.63) is 29.3 Å². The summed E-state index contributed by atoms with van der Waals surface area (Å²) in [6.07, 6.45) is -3.68. The van der Waals surface area contributed by atoms with Crippen molar-refractivity contribution in [1.29, 1.82) is 0 Å². The summed E-state index contributed by atoms with van der Waals surface area (Å²) in [7, 11) is 0. The van der Waals surface area contributed by atoms with Crippen LogP contribution in [0.5, 0.6) is 0 Å². The van der Waals surface area contributed by atoms with Gasteiger partial charge in [0, 0.05) is 63.5 Å². The quantitative estimate of drug-likeness (QED) is 0.807. The first-order valence-corrected chi connectivity index (χ1v) is 9.08. The topological polar surface area (TPSA) is 64.7 Å². The zero-order valence-electron chi connectivity index (χ0n) is 14.9. The minimum Gasteiger partial charge on any atom is -0.351 e. The largest absolute Gasteiger partial charge is 0.416 e. The maximum Gasteiger partial charge on any atom is 0.416 e. The Morgan fingerprint density at radius 2 is 1.89 bits per heavy atom. The summed E-state index contributed by atoms with van der Waals surface area (Å²) < 4.78 is 39.7. The van der Waals surface area contributed by atoms with Crippen molar-refractivity contribution < 1.29 is 22.8 Å². The summed E-state index contributed by atoms with van der Waals surface area (Å²) in [5.74, 6) is -0.788. The van der Waals surface area contributed by atoms with Crippen LogP contribution in [0.2, 0.25) is 0 Å². The van der Waals surface area contributed by atoms with Gasteiger partial charge in [-0.25, -0.2) is 0 Å². The predicted molar refractivity (Wildman–Crippen MR) is 94.7 cm³/mol. The fourth-order valence-electron chi connectivity index (χ4n) is 3.35. The molecule has 9 heteroatoms. The average molecular weight is 384 g/mol. The lowest BCUT2D eigenvalue weighted by atomic mass is 10.1. The highest BCUT2D eigenvalue weighted by Gasteiger charge is 2.33. The molecule has 2 fully saturated rings. The van der Waals surface area contributed by atoms with E-state index in [1.54, 1.807) is 0 Å². The number of nitrogens with zero attached hydrogens (tertiary/aromatic N) is 2. The maximum atomic E-state index is 13.2. The van der Waals surface area contributed by atoms with Crippen molar-refractivity contribution in [2.45, 2.75) is 19.0 Å². The molecule has 2 N–H and O–H groups in total. The molecule has 1 aromatic carbocycles. The van der Waals surface area contributed by atoms with Crippen molar-refractivity contribution in [3.8, 4) is 0 Å². The van der Waals surface area contributed by atoms with Gasteiger partial charge in [0.2, 0.25) is 5.91 Å². The Labute approximate surface area is 155 Å². The minimum atomic E-state index is -4.59. The number of benzene rings is 1. The zero-order chi connectivity index (χ0) is 19.4. The molecule has 3 rings (SSSR count). The summed E-state index contributed by atoms with van der Waals surface area (Å²) in [6, 6.07) is 3.13. The fourth-order valence-corrected chi connectivity index (χ4v) is 3.35. The molecule has 0 unspecified atom stereocenters. The van der Waals surface area contributed by atoms with Crippen LogP contribution in [0, 0.1) is 0 Å². The van der Waals surface area contributed by atoms with Crippen LogP contribution in [0.25, 0.3) is 0 Å². The smallest absolute Gasteiger partial charge is 0.351 e. The molecule has 0 aromatic heterocycles. The summed E-state index contributed by atoms with van der Waals surface area (Å²) >= 11 is 0. The van der Waals surface area contributed by atoms with E-state index in [1.165, 1.54) is 11.0 Å². The van der Waals surface area contributed by atoms with E-state index in [2.05, 4.69) is 15.5 Å². The molecule has 6 nitrogen and oxygen atoms in total. The summed E-state index contributed by atoms with van der Waals surface area (Å²) in [4.78, 5) is 27.8. The summed E-state index contributed by atoms with van der Waals surface area (Å²) in [5, 5.41) is 5.91. The first kappa shape index (κ1) is 19.6. The monoisotopic (exact) mass is 384 g/mol. The maximum absolute atomic E-state index is 13.2. The Morgan fingerprint density at radius 1 is 1.15 bits per heavy atom. The van der Waals surface area contributed by atoms with E-state index < -0.39 is 17.6 Å². The number of rotatable bonds is 5. The Kier molecular flexibility index (Phi) is 6.01. The van der Waals surface area contributed by atoms with Crippen molar-refractivity contribution in [1.82, 2.24) is 15.5 Å². The highest BCUT2D eigenvalue weighted by molar-refractivity contribution is 5.99. The summed E-state index contributed by atoms with van der Waals surface area (Å²) in [6.45, 7) is 4.88. The first-order chi connectivity index (χ1) is 12.8. The molecule has 0 spiro atoms. The molecular weight excluding hydrogens is 361 g/mol. The Balaban J connectivity index is 1.72. The molecule has 27 heavy (non-hydrogen) atoms. The van der Waals surface area contributed by atoms with Gasteiger partial charge in [-0.2, -0.15) is 13.2 Å². The van der Waals surface area contributed by atoms with Crippen LogP contribution >= 0.6 is 0 Å². The normalized spacial score (nSPS) is 18.8. The van der Waals surface area contributed by atoms with Gasteiger partial charge in [-0.05, 0) is 24.6 Å². The van der Waals surface area contributed by atoms with Crippen molar-refractivity contribution >= 4 is 17.5 Å². The van der Waals surface area contributed by atoms with Gasteiger partial charge in [0.15, 0.2) is 0 Å². The number of amides is 2. The molecule has 2 heterocycles. The molecule has 0 saturated carbocycles. The Morgan fingerprint density at radius 3 is 2.52 bits per heavy atom. The number of halogens is 3. The average Bonchev–Trinajstić information content (AvgIpc) is 3.07. The second kappa shape index (κ2) is 8.26. The summed E-state index contributed by atoms with van der Waals surface area (Å²) in [5.41, 5.74) is -0.883. The molecule has 2 aliphatic heterocycles. The van der Waals surface area contributed by atoms with Crippen LogP contribution in [0.1, 0.15) is 28.8 Å². The molecule has 0 aliphatic carbocycles. The van der Waals surface area contributed by atoms with Gasteiger partial charge in [-0.1, -0.05) is 0 Å². The van der Waals surface area contributed by atoms with E-state index in [9.17, 15) is 22.8 Å². The van der Waals surface area contributed by atoms with E-state index in [-0.39, 0.29) is 17.2 Å². The number of carbonyl (C=O) groups is 2. The van der Waals surface area contributed by atoms with E-state index >= 15 is 0 Å². The lowest BCUT2D eigenvalue weighted by Gasteiger charge is -2.27. The molecular formula is C18H23F3N4O2. The van der Waals surface area contributed by atoms with Crippen LogP contribution in [0.15, 0.2) is 18.2 Å². The molecule has 1 aromatic rings. The van der Waals surface area contributed by atoms with Gasteiger partial charge < -0.3 is 15.5 Å². The van der Waals surface area contributed by atoms with Gasteiger partial charge in [0.25, 0.3) is 5.91 Å². The SMILES string of the molecule is O=C(NCCN1CCNCC1)c1cc(N2CCCC2=O)cc(C(F)(F)F)c1. The van der Waals surface area contributed by atoms with Crippen LogP contribution in [-0.2, 0) is 11.0 Å². The molecule has 0 radical (unpaired) electrons. The zero-order valence-corrected chi connectivity index (χ0v) is 14.9. The van der Waals surface area contributed by atoms with Crippen LogP contribution in [0.4, 0.5) is 18.9 Å². The van der Waals surface area contributed by atoms with Crippen LogP contribution in [0.3, 0.4) is 0 Å². The number of piperazine rings is 1. The molecule has 2 amide bonds. The van der Waals surface area contributed by atoms with Gasteiger partial charge in [0.1, 0.15) is 0 Å². The van der Waals surface area contributed by atoms with Gasteiger partial charge in [0.05, 0.1) is 5.56 Å². The number of carbonyl (C=O) groups excluding carboxylic acids is 2. The van der Waals surface area contributed by atoms with Crippen molar-refractivity contribution in [3.63, 3.8) is 0 Å². The third-order valence-corrected chi connectivity index (χ3v) is 4.82. The second-order valence-electron chi connectivity index (χ2n) is 6.76. The lowest BCUT2D eigenvalue weighted by Crippen LogP contribution is -2.46.